The Morgan fingerprint density at radius 3 is 2.17 bits per heavy atom. The summed E-state index contributed by atoms with van der Waals surface area (Å²) in [4.78, 5) is 25.0. The number of amides is 1. The molecule has 0 aromatic heterocycles. The van der Waals surface area contributed by atoms with E-state index in [0.717, 1.165) is 11.1 Å². The Balaban J connectivity index is 2.17. The number of carbonyl (C=O) groups excluding carboxylic acids is 2. The molecule has 2 rings (SSSR count). The Hall–Kier alpha value is -2.71. The van der Waals surface area contributed by atoms with E-state index in [1.807, 2.05) is 13.0 Å². The second kappa shape index (κ2) is 9.86. The van der Waals surface area contributed by atoms with E-state index >= 15 is 0 Å². The van der Waals surface area contributed by atoms with Crippen LogP contribution in [0, 0.1) is 6.92 Å². The van der Waals surface area contributed by atoms with Gasteiger partial charge in [-0.15, -0.1) is 0 Å². The van der Waals surface area contributed by atoms with E-state index in [9.17, 15) is 18.0 Å². The first-order chi connectivity index (χ1) is 14.0. The maximum atomic E-state index is 12.7. The second-order valence-corrected chi connectivity index (χ2v) is 9.80. The first-order valence-corrected chi connectivity index (χ1v) is 11.1. The number of benzene rings is 2. The van der Waals surface area contributed by atoms with Gasteiger partial charge < -0.3 is 10.1 Å². The van der Waals surface area contributed by atoms with E-state index in [1.54, 1.807) is 57.2 Å². The molecule has 2 N–H and O–H groups in total. The van der Waals surface area contributed by atoms with Crippen molar-refractivity contribution in [2.24, 2.45) is 0 Å². The molecule has 0 bridgehead atoms. The van der Waals surface area contributed by atoms with Crippen LogP contribution >= 0.6 is 0 Å². The third-order valence-electron chi connectivity index (χ3n) is 4.04. The smallest absolute Gasteiger partial charge is 0.325 e. The fraction of sp³-hybridized carbons (Fsp3) is 0.364. The van der Waals surface area contributed by atoms with E-state index in [-0.39, 0.29) is 17.9 Å². The zero-order valence-electron chi connectivity index (χ0n) is 17.6. The van der Waals surface area contributed by atoms with Gasteiger partial charge in [-0.05, 0) is 45.4 Å². The van der Waals surface area contributed by atoms with Crippen LogP contribution in [0.3, 0.4) is 0 Å². The summed E-state index contributed by atoms with van der Waals surface area (Å²) in [5.74, 6) is -1.28. The Kier molecular flexibility index (Phi) is 7.75. The molecule has 0 saturated carbocycles. The predicted molar refractivity (Wildman–Crippen MR) is 114 cm³/mol. The van der Waals surface area contributed by atoms with Crippen LogP contribution in [0.25, 0.3) is 0 Å². The first-order valence-electron chi connectivity index (χ1n) is 9.57. The average molecular weight is 433 g/mol. The normalized spacial score (nSPS) is 12.8. The van der Waals surface area contributed by atoms with Crippen molar-refractivity contribution in [1.82, 2.24) is 10.0 Å². The van der Waals surface area contributed by atoms with Crippen molar-refractivity contribution < 1.29 is 22.7 Å². The second-order valence-electron chi connectivity index (χ2n) is 8.08. The number of aryl methyl sites for hydroxylation is 1. The fourth-order valence-corrected chi connectivity index (χ4v) is 3.81. The van der Waals surface area contributed by atoms with Gasteiger partial charge in [0.05, 0.1) is 11.3 Å². The zero-order chi connectivity index (χ0) is 22.4. The maximum Gasteiger partial charge on any atom is 0.325 e. The van der Waals surface area contributed by atoms with Gasteiger partial charge >= 0.3 is 5.97 Å². The number of hydrogen-bond acceptors (Lipinski definition) is 5. The molecular formula is C22H28N2O5S. The molecule has 0 radical (unpaired) electrons. The van der Waals surface area contributed by atoms with E-state index in [2.05, 4.69) is 10.0 Å². The van der Waals surface area contributed by atoms with Gasteiger partial charge in [-0.2, -0.15) is 4.72 Å². The highest BCUT2D eigenvalue weighted by atomic mass is 32.2. The molecule has 1 amide bonds. The molecule has 30 heavy (non-hydrogen) atoms. The Labute approximate surface area is 177 Å². The lowest BCUT2D eigenvalue weighted by Gasteiger charge is -2.23. The van der Waals surface area contributed by atoms with Crippen molar-refractivity contribution >= 4 is 21.9 Å². The summed E-state index contributed by atoms with van der Waals surface area (Å²) < 4.78 is 33.1. The van der Waals surface area contributed by atoms with Gasteiger partial charge in [-0.25, -0.2) is 8.42 Å². The summed E-state index contributed by atoms with van der Waals surface area (Å²) in [7, 11) is -4.02. The van der Waals surface area contributed by atoms with Gasteiger partial charge in [0.1, 0.15) is 12.6 Å². The number of rotatable bonds is 8. The van der Waals surface area contributed by atoms with E-state index < -0.39 is 33.5 Å². The lowest BCUT2D eigenvalue weighted by molar-refractivity contribution is -0.148. The molecule has 2 aromatic rings. The van der Waals surface area contributed by atoms with E-state index in [1.165, 1.54) is 12.1 Å². The Morgan fingerprint density at radius 1 is 1.00 bits per heavy atom. The molecule has 162 valence electrons. The molecule has 1 atom stereocenters. The number of ether oxygens (including phenoxy) is 1. The third kappa shape index (κ3) is 7.61. The lowest BCUT2D eigenvalue weighted by Crippen LogP contribution is -2.48. The molecule has 0 heterocycles. The summed E-state index contributed by atoms with van der Waals surface area (Å²) in [6.45, 7) is 7.20. The van der Waals surface area contributed by atoms with Gasteiger partial charge in [-0.3, -0.25) is 9.59 Å². The predicted octanol–water partition coefficient (Wildman–Crippen LogP) is 2.69. The van der Waals surface area contributed by atoms with Crippen molar-refractivity contribution in [3.63, 3.8) is 0 Å². The Bertz CT molecular complexity index is 965. The Morgan fingerprint density at radius 2 is 1.60 bits per heavy atom. The van der Waals surface area contributed by atoms with Gasteiger partial charge in [0, 0.05) is 5.54 Å². The van der Waals surface area contributed by atoms with Crippen LogP contribution < -0.4 is 10.0 Å². The topological polar surface area (TPSA) is 102 Å². The number of esters is 1. The van der Waals surface area contributed by atoms with Crippen molar-refractivity contribution in [3.05, 3.63) is 65.7 Å². The van der Waals surface area contributed by atoms with Crippen molar-refractivity contribution in [2.45, 2.75) is 57.2 Å². The van der Waals surface area contributed by atoms with Gasteiger partial charge in [0.15, 0.2) is 0 Å². The minimum Gasteiger partial charge on any atom is -0.460 e. The average Bonchev–Trinajstić information content (AvgIpc) is 2.65. The van der Waals surface area contributed by atoms with Crippen LogP contribution in [-0.2, 0) is 31.0 Å². The van der Waals surface area contributed by atoms with Crippen LogP contribution in [0.15, 0.2) is 59.5 Å². The van der Waals surface area contributed by atoms with Crippen LogP contribution in [0.1, 0.15) is 38.3 Å². The standard InChI is InChI=1S/C22H28N2O5S/c1-16-10-12-18(13-11-16)30(27,28)24-19(14-20(25)23-22(2,3)4)21(26)29-15-17-8-6-5-7-9-17/h5-13,19,24H,14-15H2,1-4H3,(H,23,25)/t19-/m0/s1. The lowest BCUT2D eigenvalue weighted by atomic mass is 10.1. The summed E-state index contributed by atoms with van der Waals surface area (Å²) in [5.41, 5.74) is 1.13. The van der Waals surface area contributed by atoms with Gasteiger partial charge in [0.2, 0.25) is 15.9 Å². The van der Waals surface area contributed by atoms with Crippen LogP contribution in [0.2, 0.25) is 0 Å². The molecule has 0 fully saturated rings. The summed E-state index contributed by atoms with van der Waals surface area (Å²) in [6.07, 6.45) is -0.379. The molecular weight excluding hydrogens is 404 g/mol. The van der Waals surface area contributed by atoms with Gasteiger partial charge in [0.25, 0.3) is 0 Å². The summed E-state index contributed by atoms with van der Waals surface area (Å²) in [5, 5.41) is 2.73. The zero-order valence-corrected chi connectivity index (χ0v) is 18.5. The van der Waals surface area contributed by atoms with Crippen LogP contribution in [0.5, 0.6) is 0 Å². The van der Waals surface area contributed by atoms with Crippen molar-refractivity contribution in [3.8, 4) is 0 Å². The molecule has 0 aliphatic carbocycles. The minimum absolute atomic E-state index is 0.00480. The van der Waals surface area contributed by atoms with Crippen molar-refractivity contribution in [2.75, 3.05) is 0 Å². The third-order valence-corrected chi connectivity index (χ3v) is 5.53. The number of sulfonamides is 1. The minimum atomic E-state index is -4.02. The number of nitrogens with one attached hydrogen (secondary N) is 2. The first kappa shape index (κ1) is 23.6. The maximum absolute atomic E-state index is 12.7. The van der Waals surface area contributed by atoms with Crippen LogP contribution in [0.4, 0.5) is 0 Å². The summed E-state index contributed by atoms with van der Waals surface area (Å²) >= 11 is 0. The number of carbonyl (C=O) groups is 2. The highest BCUT2D eigenvalue weighted by molar-refractivity contribution is 7.89. The molecule has 8 heteroatoms. The largest absolute Gasteiger partial charge is 0.460 e. The highest BCUT2D eigenvalue weighted by Gasteiger charge is 2.30. The molecule has 2 aromatic carbocycles. The van der Waals surface area contributed by atoms with Gasteiger partial charge in [-0.1, -0.05) is 48.0 Å². The molecule has 0 saturated heterocycles. The molecule has 0 aliphatic rings. The van der Waals surface area contributed by atoms with Crippen molar-refractivity contribution in [1.29, 1.82) is 0 Å². The van der Waals surface area contributed by atoms with E-state index in [4.69, 9.17) is 4.74 Å². The number of hydrogen-bond donors (Lipinski definition) is 2. The quantitative estimate of drug-likeness (QED) is 0.625. The SMILES string of the molecule is Cc1ccc(S(=O)(=O)N[C@@H](CC(=O)NC(C)(C)C)C(=O)OCc2ccccc2)cc1. The monoisotopic (exact) mass is 432 g/mol. The molecule has 0 unspecified atom stereocenters. The highest BCUT2D eigenvalue weighted by Crippen LogP contribution is 2.13. The molecule has 0 aliphatic heterocycles. The molecule has 0 spiro atoms. The summed E-state index contributed by atoms with van der Waals surface area (Å²) in [6, 6.07) is 13.8. The van der Waals surface area contributed by atoms with Crippen LogP contribution in [-0.4, -0.2) is 31.9 Å². The van der Waals surface area contributed by atoms with E-state index in [0.29, 0.717) is 0 Å². The molecule has 7 nitrogen and oxygen atoms in total. The fourth-order valence-electron chi connectivity index (χ4n) is 2.63.